The molecular weight excluding hydrogens is 306 g/mol. The molecule has 24 heavy (non-hydrogen) atoms. The minimum atomic E-state index is -0.194. The van der Waals surface area contributed by atoms with Crippen LogP contribution in [0.25, 0.3) is 0 Å². The Balaban J connectivity index is 1.38. The van der Waals surface area contributed by atoms with Crippen molar-refractivity contribution in [3.8, 4) is 5.75 Å². The lowest BCUT2D eigenvalue weighted by Gasteiger charge is -2.35. The molecule has 1 atom stereocenters. The van der Waals surface area contributed by atoms with Gasteiger partial charge in [-0.1, -0.05) is 12.1 Å². The van der Waals surface area contributed by atoms with Crippen LogP contribution in [0.5, 0.6) is 5.75 Å². The van der Waals surface area contributed by atoms with Gasteiger partial charge in [-0.2, -0.15) is 0 Å². The Hall–Kier alpha value is -1.79. The Labute approximate surface area is 143 Å². The number of ether oxygens (including phenoxy) is 1. The van der Waals surface area contributed by atoms with Crippen LogP contribution >= 0.6 is 0 Å². The molecule has 2 N–H and O–H groups in total. The maximum absolute atomic E-state index is 12.3. The zero-order chi connectivity index (χ0) is 16.9. The summed E-state index contributed by atoms with van der Waals surface area (Å²) < 4.78 is 5.13. The van der Waals surface area contributed by atoms with Crippen LogP contribution in [0, 0.1) is 5.92 Å². The monoisotopic (exact) mass is 333 g/mol. The molecule has 1 saturated heterocycles. The number of urea groups is 1. The molecule has 0 radical (unpaired) electrons. The van der Waals surface area contributed by atoms with Crippen molar-refractivity contribution in [1.29, 1.82) is 0 Å². The number of piperazine rings is 1. The molecule has 1 aliphatic carbocycles. The van der Waals surface area contributed by atoms with Crippen LogP contribution in [0.3, 0.4) is 0 Å². The quantitative estimate of drug-likeness (QED) is 0.823. The van der Waals surface area contributed by atoms with Gasteiger partial charge in [0.1, 0.15) is 5.75 Å². The molecule has 1 aromatic carbocycles. The molecule has 0 spiro atoms. The molecule has 6 heteroatoms. The molecular formula is C18H27N3O3. The van der Waals surface area contributed by atoms with Gasteiger partial charge in [0.05, 0.1) is 13.2 Å². The van der Waals surface area contributed by atoms with Crippen molar-refractivity contribution < 1.29 is 14.6 Å². The van der Waals surface area contributed by atoms with E-state index in [9.17, 15) is 9.90 Å². The van der Waals surface area contributed by atoms with E-state index in [1.165, 1.54) is 0 Å². The van der Waals surface area contributed by atoms with Crippen molar-refractivity contribution >= 4 is 6.03 Å². The van der Waals surface area contributed by atoms with Gasteiger partial charge in [0.25, 0.3) is 0 Å². The highest BCUT2D eigenvalue weighted by molar-refractivity contribution is 5.74. The number of nitrogens with one attached hydrogen (secondary N) is 1. The maximum Gasteiger partial charge on any atom is 0.317 e. The van der Waals surface area contributed by atoms with Crippen molar-refractivity contribution in [2.24, 2.45) is 5.92 Å². The standard InChI is InChI=1S/C18H27N3O3/c1-24-16-6-2-14(3-7-16)12-19-18(23)21-10-8-20(9-11-21)13-17(22)15-4-5-15/h2-3,6-7,15,17,22H,4-5,8-13H2,1H3,(H,19,23)/t17-/m1/s1. The number of aliphatic hydroxyl groups is 1. The molecule has 1 saturated carbocycles. The molecule has 6 nitrogen and oxygen atoms in total. The number of β-amino-alcohol motifs (C(OH)–C–C–N with tert-alkyl or cyclic N) is 1. The first-order chi connectivity index (χ1) is 11.7. The lowest BCUT2D eigenvalue weighted by molar-refractivity contribution is 0.0696. The normalized spacial score (nSPS) is 19.8. The molecule has 132 valence electrons. The number of carbonyl (C=O) groups excluding carboxylic acids is 1. The number of nitrogens with zero attached hydrogens (tertiary/aromatic N) is 2. The van der Waals surface area contributed by atoms with Gasteiger partial charge in [0.15, 0.2) is 0 Å². The predicted octanol–water partition coefficient (Wildman–Crippen LogP) is 1.29. The number of amides is 2. The van der Waals surface area contributed by atoms with Crippen LogP contribution in [0.2, 0.25) is 0 Å². The highest BCUT2D eigenvalue weighted by Crippen LogP contribution is 2.32. The van der Waals surface area contributed by atoms with Gasteiger partial charge >= 0.3 is 6.03 Å². The highest BCUT2D eigenvalue weighted by Gasteiger charge is 2.32. The molecule has 2 amide bonds. The van der Waals surface area contributed by atoms with Crippen LogP contribution in [0.1, 0.15) is 18.4 Å². The van der Waals surface area contributed by atoms with Crippen LogP contribution in [0.4, 0.5) is 4.79 Å². The number of benzene rings is 1. The summed E-state index contributed by atoms with van der Waals surface area (Å²) in [6, 6.07) is 7.68. The van der Waals surface area contributed by atoms with Gasteiger partial charge in [-0.15, -0.1) is 0 Å². The van der Waals surface area contributed by atoms with Gasteiger partial charge < -0.3 is 20.1 Å². The van der Waals surface area contributed by atoms with Crippen molar-refractivity contribution in [3.63, 3.8) is 0 Å². The Morgan fingerprint density at radius 2 is 1.92 bits per heavy atom. The van der Waals surface area contributed by atoms with Crippen LogP contribution in [0.15, 0.2) is 24.3 Å². The van der Waals surface area contributed by atoms with E-state index in [1.807, 2.05) is 29.2 Å². The Morgan fingerprint density at radius 3 is 2.50 bits per heavy atom. The number of methoxy groups -OCH3 is 1. The number of hydrogen-bond acceptors (Lipinski definition) is 4. The second-order valence-corrected chi connectivity index (χ2v) is 6.70. The highest BCUT2D eigenvalue weighted by atomic mass is 16.5. The first kappa shape index (κ1) is 17.0. The lowest BCUT2D eigenvalue weighted by atomic mass is 10.2. The van der Waals surface area contributed by atoms with Gasteiger partial charge in [-0.25, -0.2) is 4.79 Å². The fraction of sp³-hybridized carbons (Fsp3) is 0.611. The Bertz CT molecular complexity index is 537. The molecule has 2 fully saturated rings. The largest absolute Gasteiger partial charge is 0.497 e. The van der Waals surface area contributed by atoms with Crippen LogP contribution in [-0.4, -0.2) is 66.9 Å². The zero-order valence-corrected chi connectivity index (χ0v) is 14.3. The fourth-order valence-corrected chi connectivity index (χ4v) is 3.06. The van der Waals surface area contributed by atoms with Crippen LogP contribution < -0.4 is 10.1 Å². The van der Waals surface area contributed by atoms with Crippen molar-refractivity contribution in [2.45, 2.75) is 25.5 Å². The summed E-state index contributed by atoms with van der Waals surface area (Å²) in [6.45, 7) is 4.35. The van der Waals surface area contributed by atoms with Crippen molar-refractivity contribution in [2.75, 3.05) is 39.8 Å². The van der Waals surface area contributed by atoms with Gasteiger partial charge in [-0.05, 0) is 36.5 Å². The fourth-order valence-electron chi connectivity index (χ4n) is 3.06. The third-order valence-corrected chi connectivity index (χ3v) is 4.87. The summed E-state index contributed by atoms with van der Waals surface area (Å²) in [4.78, 5) is 16.4. The Morgan fingerprint density at radius 1 is 1.25 bits per heavy atom. The van der Waals surface area contributed by atoms with Gasteiger partial charge in [-0.3, -0.25) is 4.90 Å². The Kier molecular flexibility index (Phi) is 5.58. The number of carbonyl (C=O) groups is 1. The summed E-state index contributed by atoms with van der Waals surface area (Å²) in [5.41, 5.74) is 1.05. The van der Waals surface area contributed by atoms with Gasteiger partial charge in [0, 0.05) is 39.3 Å². The summed E-state index contributed by atoms with van der Waals surface area (Å²) in [6.07, 6.45) is 2.13. The van der Waals surface area contributed by atoms with E-state index in [0.29, 0.717) is 25.6 Å². The minimum absolute atomic E-state index is 0.0202. The van der Waals surface area contributed by atoms with Crippen LogP contribution in [-0.2, 0) is 6.54 Å². The first-order valence-corrected chi connectivity index (χ1v) is 8.72. The SMILES string of the molecule is COc1ccc(CNC(=O)N2CCN(C[C@@H](O)C3CC3)CC2)cc1. The zero-order valence-electron chi connectivity index (χ0n) is 14.3. The van der Waals surface area contributed by atoms with E-state index < -0.39 is 0 Å². The van der Waals surface area contributed by atoms with E-state index in [-0.39, 0.29) is 12.1 Å². The molecule has 2 aliphatic rings. The molecule has 1 heterocycles. The molecule has 1 aliphatic heterocycles. The maximum atomic E-state index is 12.3. The number of hydrogen-bond donors (Lipinski definition) is 2. The van der Waals surface area contributed by atoms with E-state index in [0.717, 1.165) is 43.8 Å². The van der Waals surface area contributed by atoms with Crippen molar-refractivity contribution in [3.05, 3.63) is 29.8 Å². The van der Waals surface area contributed by atoms with E-state index in [1.54, 1.807) is 7.11 Å². The average molecular weight is 333 g/mol. The van der Waals surface area contributed by atoms with E-state index in [2.05, 4.69) is 10.2 Å². The molecule has 3 rings (SSSR count). The molecule has 0 aromatic heterocycles. The minimum Gasteiger partial charge on any atom is -0.497 e. The summed E-state index contributed by atoms with van der Waals surface area (Å²) in [5, 5.41) is 13.0. The second-order valence-electron chi connectivity index (χ2n) is 6.70. The summed E-state index contributed by atoms with van der Waals surface area (Å²) in [5.74, 6) is 1.32. The third kappa shape index (κ3) is 4.61. The summed E-state index contributed by atoms with van der Waals surface area (Å²) in [7, 11) is 1.64. The molecule has 1 aromatic rings. The lowest BCUT2D eigenvalue weighted by Crippen LogP contribution is -2.53. The predicted molar refractivity (Wildman–Crippen MR) is 92.0 cm³/mol. The molecule has 0 unspecified atom stereocenters. The number of rotatable bonds is 6. The smallest absolute Gasteiger partial charge is 0.317 e. The first-order valence-electron chi connectivity index (χ1n) is 8.72. The van der Waals surface area contributed by atoms with E-state index >= 15 is 0 Å². The van der Waals surface area contributed by atoms with E-state index in [4.69, 9.17) is 4.74 Å². The van der Waals surface area contributed by atoms with Crippen molar-refractivity contribution in [1.82, 2.24) is 15.1 Å². The average Bonchev–Trinajstić information content (AvgIpc) is 3.46. The van der Waals surface area contributed by atoms with Gasteiger partial charge in [0.2, 0.25) is 0 Å². The topological polar surface area (TPSA) is 65.0 Å². The molecule has 0 bridgehead atoms. The summed E-state index contributed by atoms with van der Waals surface area (Å²) >= 11 is 0. The third-order valence-electron chi connectivity index (χ3n) is 4.87. The second kappa shape index (κ2) is 7.85. The number of aliphatic hydroxyl groups excluding tert-OH is 1.